The molecule has 0 atom stereocenters. The van der Waals surface area contributed by atoms with Crippen LogP contribution in [-0.4, -0.2) is 35.2 Å². The van der Waals surface area contributed by atoms with E-state index in [-0.39, 0.29) is 25.2 Å². The summed E-state index contributed by atoms with van der Waals surface area (Å²) >= 11 is 0. The molecule has 0 aliphatic carbocycles. The molecule has 2 amide bonds. The second-order valence-corrected chi connectivity index (χ2v) is 2.54. The molecule has 0 bridgehead atoms. The molecule has 0 aromatic carbocycles. The average molecular weight is 188 g/mol. The highest BCUT2D eigenvalue weighted by atomic mass is 16.3. The van der Waals surface area contributed by atoms with Gasteiger partial charge < -0.3 is 15.3 Å². The number of aliphatic hydroxyl groups is 1. The molecule has 0 aliphatic rings. The predicted octanol–water partition coefficient (Wildman–Crippen LogP) is -0.342. The lowest BCUT2D eigenvalue weighted by atomic mass is 10.4. The second-order valence-electron chi connectivity index (χ2n) is 2.54. The molecule has 0 saturated carbocycles. The molecule has 2 N–H and O–H groups in total. The largest absolute Gasteiger partial charge is 0.376 e. The van der Waals surface area contributed by atoms with Gasteiger partial charge in [-0.25, -0.2) is 0 Å². The molecule has 0 rings (SSSR count). The topological polar surface area (TPSA) is 69.6 Å². The third-order valence-electron chi connectivity index (χ3n) is 1.61. The monoisotopic (exact) mass is 188 g/mol. The summed E-state index contributed by atoms with van der Waals surface area (Å²) in [6.07, 6.45) is 0.697. The Morgan fingerprint density at radius 1 is 1.31 bits per heavy atom. The van der Waals surface area contributed by atoms with Crippen molar-refractivity contribution in [3.8, 4) is 0 Å². The number of rotatable bonds is 5. The van der Waals surface area contributed by atoms with E-state index in [9.17, 15) is 9.59 Å². The van der Waals surface area contributed by atoms with E-state index >= 15 is 0 Å². The van der Waals surface area contributed by atoms with Gasteiger partial charge in [0, 0.05) is 12.8 Å². The molecule has 0 aromatic rings. The average Bonchev–Trinajstić information content (AvgIpc) is 2.17. The van der Waals surface area contributed by atoms with Crippen molar-refractivity contribution in [3.63, 3.8) is 0 Å². The Bertz CT molecular complexity index is 182. The number of hydrogen-bond acceptors (Lipinski definition) is 3. The molecule has 0 unspecified atom stereocenters. The Kier molecular flexibility index (Phi) is 5.88. The van der Waals surface area contributed by atoms with E-state index in [0.29, 0.717) is 12.8 Å². The smallest absolute Gasteiger partial charge is 0.225 e. The number of carbonyl (C=O) groups is 2. The van der Waals surface area contributed by atoms with Crippen molar-refractivity contribution in [1.29, 1.82) is 0 Å². The number of nitrogens with one attached hydrogen (secondary N) is 1. The lowest BCUT2D eigenvalue weighted by Gasteiger charge is -2.19. The van der Waals surface area contributed by atoms with Gasteiger partial charge in [0.1, 0.15) is 6.73 Å². The standard InChI is InChI=1S/C8H16N2O3/c1-3-7(12)9-5-10(6-11)8(13)4-2/h11H,3-6H2,1-2H3,(H,9,12). The van der Waals surface area contributed by atoms with Gasteiger partial charge in [0.15, 0.2) is 0 Å². The fourth-order valence-electron chi connectivity index (χ4n) is 0.749. The Balaban J connectivity index is 3.85. The zero-order valence-electron chi connectivity index (χ0n) is 8.04. The SMILES string of the molecule is CCC(=O)NCN(CO)C(=O)CC. The van der Waals surface area contributed by atoms with Gasteiger partial charge in [-0.2, -0.15) is 0 Å². The van der Waals surface area contributed by atoms with Crippen LogP contribution >= 0.6 is 0 Å². The van der Waals surface area contributed by atoms with Crippen LogP contribution in [0.4, 0.5) is 0 Å². The van der Waals surface area contributed by atoms with Crippen molar-refractivity contribution in [2.75, 3.05) is 13.4 Å². The number of nitrogens with zero attached hydrogens (tertiary/aromatic N) is 1. The van der Waals surface area contributed by atoms with Gasteiger partial charge >= 0.3 is 0 Å². The minimum absolute atomic E-state index is 0.0792. The van der Waals surface area contributed by atoms with E-state index in [0.717, 1.165) is 0 Å². The Labute approximate surface area is 77.7 Å². The first kappa shape index (κ1) is 11.9. The van der Waals surface area contributed by atoms with Gasteiger partial charge in [-0.05, 0) is 0 Å². The highest BCUT2D eigenvalue weighted by Crippen LogP contribution is 1.90. The summed E-state index contributed by atoms with van der Waals surface area (Å²) in [7, 11) is 0. The second kappa shape index (κ2) is 6.42. The van der Waals surface area contributed by atoms with Crippen LogP contribution in [0.3, 0.4) is 0 Å². The number of amides is 2. The van der Waals surface area contributed by atoms with Gasteiger partial charge in [0.25, 0.3) is 0 Å². The van der Waals surface area contributed by atoms with Gasteiger partial charge in [0.2, 0.25) is 11.8 Å². The summed E-state index contributed by atoms with van der Waals surface area (Å²) in [6, 6.07) is 0. The van der Waals surface area contributed by atoms with Crippen molar-refractivity contribution in [2.45, 2.75) is 26.7 Å². The van der Waals surface area contributed by atoms with Crippen LogP contribution in [0.2, 0.25) is 0 Å². The molecule has 5 nitrogen and oxygen atoms in total. The third-order valence-corrected chi connectivity index (χ3v) is 1.61. The molecular formula is C8H16N2O3. The van der Waals surface area contributed by atoms with E-state index in [2.05, 4.69) is 5.32 Å². The molecule has 0 fully saturated rings. The van der Waals surface area contributed by atoms with E-state index in [1.807, 2.05) is 0 Å². The Hall–Kier alpha value is -1.10. The normalized spacial score (nSPS) is 9.46. The van der Waals surface area contributed by atoms with Gasteiger partial charge in [-0.3, -0.25) is 9.59 Å². The highest BCUT2D eigenvalue weighted by Gasteiger charge is 2.09. The van der Waals surface area contributed by atoms with Crippen LogP contribution in [0.1, 0.15) is 26.7 Å². The maximum Gasteiger partial charge on any atom is 0.225 e. The summed E-state index contributed by atoms with van der Waals surface area (Å²) in [5, 5.41) is 11.3. The third kappa shape index (κ3) is 4.47. The molecule has 0 aromatic heterocycles. The van der Waals surface area contributed by atoms with Crippen molar-refractivity contribution in [2.24, 2.45) is 0 Å². The number of hydrogen-bond donors (Lipinski definition) is 2. The first-order valence-electron chi connectivity index (χ1n) is 4.31. The summed E-state index contributed by atoms with van der Waals surface area (Å²) in [5.41, 5.74) is 0. The van der Waals surface area contributed by atoms with Crippen molar-refractivity contribution >= 4 is 11.8 Å². The van der Waals surface area contributed by atoms with Crippen LogP contribution in [-0.2, 0) is 9.59 Å². The Morgan fingerprint density at radius 2 is 1.92 bits per heavy atom. The maximum absolute atomic E-state index is 11.1. The minimum Gasteiger partial charge on any atom is -0.376 e. The lowest BCUT2D eigenvalue weighted by molar-refractivity contribution is -0.135. The van der Waals surface area contributed by atoms with Gasteiger partial charge in [0.05, 0.1) is 6.67 Å². The number of aliphatic hydroxyl groups excluding tert-OH is 1. The van der Waals surface area contributed by atoms with Crippen LogP contribution < -0.4 is 5.32 Å². The first-order chi connectivity index (χ1) is 6.15. The van der Waals surface area contributed by atoms with Gasteiger partial charge in [-0.15, -0.1) is 0 Å². The van der Waals surface area contributed by atoms with Crippen LogP contribution in [0.5, 0.6) is 0 Å². The summed E-state index contributed by atoms with van der Waals surface area (Å²) < 4.78 is 0. The fraction of sp³-hybridized carbons (Fsp3) is 0.750. The van der Waals surface area contributed by atoms with Crippen molar-refractivity contribution < 1.29 is 14.7 Å². The molecule has 0 heterocycles. The summed E-state index contributed by atoms with van der Waals surface area (Å²) in [5.74, 6) is -0.318. The van der Waals surface area contributed by atoms with E-state index in [1.54, 1.807) is 13.8 Å². The van der Waals surface area contributed by atoms with E-state index in [1.165, 1.54) is 4.90 Å². The van der Waals surface area contributed by atoms with E-state index in [4.69, 9.17) is 5.11 Å². The van der Waals surface area contributed by atoms with Crippen LogP contribution in [0, 0.1) is 0 Å². The van der Waals surface area contributed by atoms with Crippen molar-refractivity contribution in [1.82, 2.24) is 10.2 Å². The predicted molar refractivity (Wildman–Crippen MR) is 47.5 cm³/mol. The first-order valence-corrected chi connectivity index (χ1v) is 4.31. The molecule has 0 saturated heterocycles. The summed E-state index contributed by atoms with van der Waals surface area (Å²) in [6.45, 7) is 3.14. The molecule has 76 valence electrons. The zero-order valence-corrected chi connectivity index (χ0v) is 8.04. The Morgan fingerprint density at radius 3 is 2.31 bits per heavy atom. The molecule has 5 heteroatoms. The van der Waals surface area contributed by atoms with Crippen molar-refractivity contribution in [3.05, 3.63) is 0 Å². The molecule has 0 radical (unpaired) electrons. The van der Waals surface area contributed by atoms with Crippen LogP contribution in [0.15, 0.2) is 0 Å². The molecule has 0 spiro atoms. The fourth-order valence-corrected chi connectivity index (χ4v) is 0.749. The quantitative estimate of drug-likeness (QED) is 0.580. The zero-order chi connectivity index (χ0) is 10.3. The maximum atomic E-state index is 11.1. The van der Waals surface area contributed by atoms with Crippen LogP contribution in [0.25, 0.3) is 0 Å². The molecular weight excluding hydrogens is 172 g/mol. The lowest BCUT2D eigenvalue weighted by Crippen LogP contribution is -2.41. The summed E-state index contributed by atoms with van der Waals surface area (Å²) in [4.78, 5) is 23.0. The minimum atomic E-state index is -0.364. The number of carbonyl (C=O) groups excluding carboxylic acids is 2. The highest BCUT2D eigenvalue weighted by molar-refractivity contribution is 5.78. The van der Waals surface area contributed by atoms with Gasteiger partial charge in [-0.1, -0.05) is 13.8 Å². The van der Waals surface area contributed by atoms with E-state index < -0.39 is 0 Å². The molecule has 0 aliphatic heterocycles. The molecule has 13 heavy (non-hydrogen) atoms.